The summed E-state index contributed by atoms with van der Waals surface area (Å²) in [5, 5.41) is -0.0229. The van der Waals surface area contributed by atoms with E-state index in [0.29, 0.717) is 5.56 Å². The fraction of sp³-hybridized carbons (Fsp3) is 0.0667. The molecular weight excluding hydrogens is 307 g/mol. The average molecular weight is 318 g/mol. The number of hydrogen-bond donors (Lipinski definition) is 0. The van der Waals surface area contributed by atoms with Gasteiger partial charge in [-0.15, -0.1) is 0 Å². The van der Waals surface area contributed by atoms with Crippen LogP contribution in [-0.4, -0.2) is 18.4 Å². The van der Waals surface area contributed by atoms with Gasteiger partial charge in [-0.3, -0.25) is 0 Å². The summed E-state index contributed by atoms with van der Waals surface area (Å²) in [4.78, 5) is 7.92. The summed E-state index contributed by atoms with van der Waals surface area (Å²) in [5.74, 6) is -0.577. The van der Waals surface area contributed by atoms with Crippen LogP contribution >= 0.6 is 0 Å². The second-order valence-corrected chi connectivity index (χ2v) is 6.52. The Morgan fingerprint density at radius 2 is 2.00 bits per heavy atom. The van der Waals surface area contributed by atoms with Crippen molar-refractivity contribution < 1.29 is 17.2 Å². The van der Waals surface area contributed by atoms with Crippen LogP contribution in [0.2, 0.25) is 0 Å². The highest BCUT2D eigenvalue weighted by atomic mass is 32.2. The molecule has 0 spiro atoms. The summed E-state index contributed by atoms with van der Waals surface area (Å²) in [5.41, 5.74) is 0.686. The van der Waals surface area contributed by atoms with E-state index < -0.39 is 15.7 Å². The first-order valence-electron chi connectivity index (χ1n) is 6.39. The fourth-order valence-corrected chi connectivity index (χ4v) is 3.10. The van der Waals surface area contributed by atoms with Crippen molar-refractivity contribution in [3.63, 3.8) is 0 Å². The number of oxazole rings is 1. The molecule has 3 aromatic rings. The maximum atomic E-state index is 13.2. The molecule has 5 nitrogen and oxygen atoms in total. The Morgan fingerprint density at radius 3 is 2.73 bits per heavy atom. The lowest BCUT2D eigenvalue weighted by Gasteiger charge is -2.00. The zero-order chi connectivity index (χ0) is 15.6. The molecule has 2 aromatic heterocycles. The van der Waals surface area contributed by atoms with Crippen LogP contribution in [-0.2, 0) is 15.6 Å². The first-order chi connectivity index (χ1) is 10.5. The third kappa shape index (κ3) is 3.04. The number of pyridine rings is 1. The van der Waals surface area contributed by atoms with Crippen molar-refractivity contribution >= 4 is 9.84 Å². The number of hydrogen-bond acceptors (Lipinski definition) is 5. The van der Waals surface area contributed by atoms with Crippen molar-refractivity contribution in [1.82, 2.24) is 9.97 Å². The van der Waals surface area contributed by atoms with Gasteiger partial charge in [0.2, 0.25) is 15.7 Å². The zero-order valence-corrected chi connectivity index (χ0v) is 12.1. The zero-order valence-electron chi connectivity index (χ0n) is 11.3. The second-order valence-electron chi connectivity index (χ2n) is 4.58. The fourth-order valence-electron chi connectivity index (χ4n) is 1.93. The monoisotopic (exact) mass is 318 g/mol. The van der Waals surface area contributed by atoms with Gasteiger partial charge in [0.15, 0.2) is 5.03 Å². The van der Waals surface area contributed by atoms with Crippen LogP contribution in [0.5, 0.6) is 0 Å². The quantitative estimate of drug-likeness (QED) is 0.739. The summed E-state index contributed by atoms with van der Waals surface area (Å²) in [6, 6.07) is 10.4. The Morgan fingerprint density at radius 1 is 1.14 bits per heavy atom. The molecule has 22 heavy (non-hydrogen) atoms. The van der Waals surface area contributed by atoms with Crippen molar-refractivity contribution in [3.8, 4) is 11.5 Å². The molecule has 0 N–H and O–H groups in total. The normalized spacial score (nSPS) is 11.5. The Balaban J connectivity index is 1.86. The van der Waals surface area contributed by atoms with Crippen molar-refractivity contribution in [2.75, 3.05) is 0 Å². The number of nitrogens with zero attached hydrogens (tertiary/aromatic N) is 2. The van der Waals surface area contributed by atoms with Crippen LogP contribution in [0.3, 0.4) is 0 Å². The Hall–Kier alpha value is -2.54. The molecule has 0 unspecified atom stereocenters. The van der Waals surface area contributed by atoms with Gasteiger partial charge >= 0.3 is 0 Å². The molecule has 0 bridgehead atoms. The van der Waals surface area contributed by atoms with E-state index in [1.807, 2.05) is 0 Å². The van der Waals surface area contributed by atoms with Crippen LogP contribution in [0.4, 0.5) is 4.39 Å². The van der Waals surface area contributed by atoms with Gasteiger partial charge in [-0.05, 0) is 30.3 Å². The van der Waals surface area contributed by atoms with E-state index in [4.69, 9.17) is 4.42 Å². The molecule has 1 aromatic carbocycles. The molecule has 0 atom stereocenters. The maximum absolute atomic E-state index is 13.2. The molecule has 0 fully saturated rings. The first kappa shape index (κ1) is 14.4. The van der Waals surface area contributed by atoms with E-state index in [0.717, 1.165) is 0 Å². The SMILES string of the molecule is O=S(=O)(Cc1coc(-c2cccc(F)c2)n1)c1ccccn1. The molecule has 0 aliphatic carbocycles. The molecule has 3 rings (SSSR count). The minimum absolute atomic E-state index is 0.0229. The van der Waals surface area contributed by atoms with Gasteiger partial charge in [-0.2, -0.15) is 0 Å². The minimum Gasteiger partial charge on any atom is -0.444 e. The van der Waals surface area contributed by atoms with Crippen LogP contribution in [0.15, 0.2) is 64.4 Å². The highest BCUT2D eigenvalue weighted by Crippen LogP contribution is 2.21. The smallest absolute Gasteiger partial charge is 0.226 e. The third-order valence-corrected chi connectivity index (χ3v) is 4.47. The Labute approximate surface area is 126 Å². The number of halogens is 1. The van der Waals surface area contributed by atoms with E-state index in [1.54, 1.807) is 18.2 Å². The molecule has 0 saturated carbocycles. The molecule has 0 saturated heterocycles. The topological polar surface area (TPSA) is 73.1 Å². The third-order valence-electron chi connectivity index (χ3n) is 2.92. The largest absolute Gasteiger partial charge is 0.444 e. The molecule has 0 aliphatic heterocycles. The van der Waals surface area contributed by atoms with Crippen molar-refractivity contribution in [2.45, 2.75) is 10.8 Å². The Kier molecular flexibility index (Phi) is 3.72. The van der Waals surface area contributed by atoms with E-state index in [-0.39, 0.29) is 22.4 Å². The maximum Gasteiger partial charge on any atom is 0.226 e. The first-order valence-corrected chi connectivity index (χ1v) is 8.04. The van der Waals surface area contributed by atoms with Gasteiger partial charge in [0.05, 0.1) is 5.69 Å². The molecule has 0 amide bonds. The summed E-state index contributed by atoms with van der Waals surface area (Å²) in [6.45, 7) is 0. The Bertz CT molecular complexity index is 892. The van der Waals surface area contributed by atoms with Gasteiger partial charge in [0, 0.05) is 11.8 Å². The molecule has 0 aliphatic rings. The van der Waals surface area contributed by atoms with E-state index in [9.17, 15) is 12.8 Å². The average Bonchev–Trinajstić information content (AvgIpc) is 2.96. The molecular formula is C15H11FN2O3S. The second kappa shape index (κ2) is 5.69. The van der Waals surface area contributed by atoms with E-state index in [1.165, 1.54) is 36.7 Å². The number of benzene rings is 1. The van der Waals surface area contributed by atoms with E-state index >= 15 is 0 Å². The highest BCUT2D eigenvalue weighted by Gasteiger charge is 2.19. The summed E-state index contributed by atoms with van der Waals surface area (Å²) in [6.07, 6.45) is 2.66. The van der Waals surface area contributed by atoms with Crippen LogP contribution in [0, 0.1) is 5.82 Å². The van der Waals surface area contributed by atoms with Gasteiger partial charge in [0.25, 0.3) is 0 Å². The molecule has 112 valence electrons. The van der Waals surface area contributed by atoms with Crippen molar-refractivity contribution in [2.24, 2.45) is 0 Å². The van der Waals surface area contributed by atoms with Gasteiger partial charge in [0.1, 0.15) is 17.8 Å². The van der Waals surface area contributed by atoms with Crippen molar-refractivity contribution in [3.05, 3.63) is 66.4 Å². The lowest BCUT2D eigenvalue weighted by molar-refractivity contribution is 0.569. The van der Waals surface area contributed by atoms with Gasteiger partial charge in [-0.25, -0.2) is 22.8 Å². The summed E-state index contributed by atoms with van der Waals surface area (Å²) < 4.78 is 42.8. The van der Waals surface area contributed by atoms with Crippen LogP contribution in [0.1, 0.15) is 5.69 Å². The van der Waals surface area contributed by atoms with Gasteiger partial charge in [-0.1, -0.05) is 12.1 Å². The lowest BCUT2D eigenvalue weighted by Crippen LogP contribution is -2.07. The molecule has 2 heterocycles. The highest BCUT2D eigenvalue weighted by molar-refractivity contribution is 7.90. The molecule has 7 heteroatoms. The van der Waals surface area contributed by atoms with Gasteiger partial charge < -0.3 is 4.42 Å². The predicted molar refractivity (Wildman–Crippen MR) is 77.0 cm³/mol. The summed E-state index contributed by atoms with van der Waals surface area (Å²) >= 11 is 0. The van der Waals surface area contributed by atoms with Crippen LogP contribution < -0.4 is 0 Å². The van der Waals surface area contributed by atoms with Crippen molar-refractivity contribution in [1.29, 1.82) is 0 Å². The summed E-state index contributed by atoms with van der Waals surface area (Å²) in [7, 11) is -3.60. The minimum atomic E-state index is -3.60. The lowest BCUT2D eigenvalue weighted by atomic mass is 10.2. The molecule has 0 radical (unpaired) electrons. The predicted octanol–water partition coefficient (Wildman–Crippen LogP) is 2.85. The van der Waals surface area contributed by atoms with E-state index in [2.05, 4.69) is 9.97 Å². The standard InChI is InChI=1S/C15H11FN2O3S/c16-12-5-3-4-11(8-12)15-18-13(9-21-15)10-22(19,20)14-6-1-2-7-17-14/h1-9H,10H2. The number of rotatable bonds is 4. The van der Waals surface area contributed by atoms with Crippen LogP contribution in [0.25, 0.3) is 11.5 Å². The number of aromatic nitrogens is 2. The number of sulfone groups is 1.